The monoisotopic (exact) mass is 312 g/mol. The second-order valence-electron chi connectivity index (χ2n) is 4.64. The molecule has 2 aromatic rings. The van der Waals surface area contributed by atoms with Crippen LogP contribution >= 0.6 is 0 Å². The first-order valence-electron chi connectivity index (χ1n) is 7.52. The molecule has 0 fully saturated rings. The molecule has 2 rings (SSSR count). The molecule has 0 aromatic heterocycles. The molecule has 5 nitrogen and oxygen atoms in total. The van der Waals surface area contributed by atoms with Crippen LogP contribution in [0.4, 0.5) is 0 Å². The van der Waals surface area contributed by atoms with Gasteiger partial charge in [-0.05, 0) is 49.7 Å². The molecule has 0 saturated heterocycles. The zero-order valence-electron chi connectivity index (χ0n) is 13.3. The number of benzene rings is 2. The number of hydrogen-bond donors (Lipinski definition) is 1. The van der Waals surface area contributed by atoms with Gasteiger partial charge >= 0.3 is 0 Å². The Morgan fingerprint density at radius 1 is 1.04 bits per heavy atom. The number of rotatable bonds is 7. The lowest BCUT2D eigenvalue weighted by Crippen LogP contribution is -2.17. The van der Waals surface area contributed by atoms with Crippen molar-refractivity contribution < 1.29 is 14.3 Å². The van der Waals surface area contributed by atoms with Crippen LogP contribution in [-0.2, 0) is 0 Å². The molecule has 0 bridgehead atoms. The van der Waals surface area contributed by atoms with Gasteiger partial charge in [-0.25, -0.2) is 5.43 Å². The average Bonchev–Trinajstić information content (AvgIpc) is 2.58. The number of hydrazone groups is 1. The van der Waals surface area contributed by atoms with Gasteiger partial charge < -0.3 is 9.47 Å². The van der Waals surface area contributed by atoms with Crippen LogP contribution in [0.1, 0.15) is 29.8 Å². The summed E-state index contributed by atoms with van der Waals surface area (Å²) >= 11 is 0. The number of nitrogens with one attached hydrogen (secondary N) is 1. The molecule has 0 saturated carbocycles. The average molecular weight is 312 g/mol. The summed E-state index contributed by atoms with van der Waals surface area (Å²) in [4.78, 5) is 11.9. The van der Waals surface area contributed by atoms with E-state index in [4.69, 9.17) is 9.47 Å². The topological polar surface area (TPSA) is 59.9 Å². The summed E-state index contributed by atoms with van der Waals surface area (Å²) < 4.78 is 11.1. The molecule has 2 aromatic carbocycles. The molecule has 0 aliphatic heterocycles. The van der Waals surface area contributed by atoms with E-state index in [0.717, 1.165) is 5.56 Å². The fraction of sp³-hybridized carbons (Fsp3) is 0.222. The van der Waals surface area contributed by atoms with Gasteiger partial charge in [-0.3, -0.25) is 4.79 Å². The molecule has 0 aliphatic carbocycles. The third-order valence-corrected chi connectivity index (χ3v) is 2.98. The number of carbonyl (C=O) groups excluding carboxylic acids is 1. The van der Waals surface area contributed by atoms with Crippen molar-refractivity contribution in [1.29, 1.82) is 0 Å². The van der Waals surface area contributed by atoms with E-state index in [0.29, 0.717) is 30.3 Å². The van der Waals surface area contributed by atoms with E-state index in [9.17, 15) is 4.79 Å². The maximum atomic E-state index is 11.9. The molecule has 0 spiro atoms. The summed E-state index contributed by atoms with van der Waals surface area (Å²) in [5.41, 5.74) is 3.87. The Balaban J connectivity index is 2.04. The van der Waals surface area contributed by atoms with Crippen molar-refractivity contribution in [1.82, 2.24) is 5.43 Å². The molecular weight excluding hydrogens is 292 g/mol. The van der Waals surface area contributed by atoms with Crippen LogP contribution in [0, 0.1) is 0 Å². The van der Waals surface area contributed by atoms with Crippen LogP contribution in [-0.4, -0.2) is 25.3 Å². The number of carbonyl (C=O) groups is 1. The van der Waals surface area contributed by atoms with Gasteiger partial charge in [-0.15, -0.1) is 0 Å². The van der Waals surface area contributed by atoms with Gasteiger partial charge in [0.2, 0.25) is 0 Å². The first-order valence-corrected chi connectivity index (χ1v) is 7.52. The molecule has 0 radical (unpaired) electrons. The molecule has 0 unspecified atom stereocenters. The van der Waals surface area contributed by atoms with E-state index in [1.54, 1.807) is 30.5 Å². The van der Waals surface area contributed by atoms with E-state index < -0.39 is 0 Å². The van der Waals surface area contributed by atoms with Gasteiger partial charge in [-0.2, -0.15) is 5.10 Å². The summed E-state index contributed by atoms with van der Waals surface area (Å²) in [6.07, 6.45) is 1.57. The smallest absolute Gasteiger partial charge is 0.271 e. The number of hydrogen-bond acceptors (Lipinski definition) is 4. The molecule has 23 heavy (non-hydrogen) atoms. The van der Waals surface area contributed by atoms with Crippen molar-refractivity contribution in [3.63, 3.8) is 0 Å². The minimum atomic E-state index is -0.252. The quantitative estimate of drug-likeness (QED) is 0.630. The molecule has 0 aliphatic rings. The lowest BCUT2D eigenvalue weighted by atomic mass is 10.2. The number of ether oxygens (including phenoxy) is 2. The van der Waals surface area contributed by atoms with Crippen LogP contribution in [0.5, 0.6) is 11.5 Å². The van der Waals surface area contributed by atoms with E-state index in [1.165, 1.54) is 0 Å². The molecule has 120 valence electrons. The first kappa shape index (κ1) is 16.5. The Hall–Kier alpha value is -2.82. The molecule has 0 heterocycles. The van der Waals surface area contributed by atoms with Crippen molar-refractivity contribution in [2.24, 2.45) is 5.10 Å². The van der Waals surface area contributed by atoms with Crippen LogP contribution in [0.15, 0.2) is 53.6 Å². The molecule has 1 N–H and O–H groups in total. The van der Waals surface area contributed by atoms with Crippen molar-refractivity contribution in [2.45, 2.75) is 13.8 Å². The summed E-state index contributed by atoms with van der Waals surface area (Å²) in [5, 5.41) is 3.97. The summed E-state index contributed by atoms with van der Waals surface area (Å²) in [7, 11) is 0. The highest BCUT2D eigenvalue weighted by Gasteiger charge is 2.05. The van der Waals surface area contributed by atoms with E-state index in [1.807, 2.05) is 38.1 Å². The van der Waals surface area contributed by atoms with Gasteiger partial charge in [0.05, 0.1) is 19.4 Å². The lowest BCUT2D eigenvalue weighted by Gasteiger charge is -2.11. The van der Waals surface area contributed by atoms with Crippen LogP contribution in [0.3, 0.4) is 0 Å². The molecule has 1 amide bonds. The van der Waals surface area contributed by atoms with E-state index in [-0.39, 0.29) is 5.91 Å². The maximum absolute atomic E-state index is 11.9. The highest BCUT2D eigenvalue weighted by Crippen LogP contribution is 2.27. The molecule has 5 heteroatoms. The molecule has 0 atom stereocenters. The Morgan fingerprint density at radius 3 is 2.43 bits per heavy atom. The minimum Gasteiger partial charge on any atom is -0.490 e. The summed E-state index contributed by atoms with van der Waals surface area (Å²) in [6, 6.07) is 14.4. The SMILES string of the molecule is CCOc1ccc(C=NNC(=O)c2ccccc2)cc1OCC. The largest absolute Gasteiger partial charge is 0.490 e. The number of amides is 1. The van der Waals surface area contributed by atoms with Crippen LogP contribution in [0.25, 0.3) is 0 Å². The Labute approximate surface area is 135 Å². The van der Waals surface area contributed by atoms with Gasteiger partial charge in [0.25, 0.3) is 5.91 Å². The fourth-order valence-corrected chi connectivity index (χ4v) is 1.97. The van der Waals surface area contributed by atoms with Gasteiger partial charge in [0.1, 0.15) is 0 Å². The fourth-order valence-electron chi connectivity index (χ4n) is 1.97. The lowest BCUT2D eigenvalue weighted by molar-refractivity contribution is 0.0955. The summed E-state index contributed by atoms with van der Waals surface area (Å²) in [6.45, 7) is 4.95. The van der Waals surface area contributed by atoms with Crippen molar-refractivity contribution in [3.8, 4) is 11.5 Å². The van der Waals surface area contributed by atoms with E-state index in [2.05, 4.69) is 10.5 Å². The third-order valence-electron chi connectivity index (χ3n) is 2.98. The van der Waals surface area contributed by atoms with Crippen molar-refractivity contribution >= 4 is 12.1 Å². The zero-order chi connectivity index (χ0) is 16.5. The van der Waals surface area contributed by atoms with Crippen molar-refractivity contribution in [3.05, 3.63) is 59.7 Å². The Kier molecular flexibility index (Phi) is 6.17. The standard InChI is InChI=1S/C18H20N2O3/c1-3-22-16-11-10-14(12-17(16)23-4-2)13-19-20-18(21)15-8-6-5-7-9-15/h5-13H,3-4H2,1-2H3,(H,20,21). The zero-order valence-corrected chi connectivity index (χ0v) is 13.3. The highest BCUT2D eigenvalue weighted by atomic mass is 16.5. The predicted molar refractivity (Wildman–Crippen MR) is 90.3 cm³/mol. The van der Waals surface area contributed by atoms with Gasteiger partial charge in [-0.1, -0.05) is 18.2 Å². The second-order valence-corrected chi connectivity index (χ2v) is 4.64. The van der Waals surface area contributed by atoms with Crippen LogP contribution in [0.2, 0.25) is 0 Å². The highest BCUT2D eigenvalue weighted by molar-refractivity contribution is 5.94. The maximum Gasteiger partial charge on any atom is 0.271 e. The first-order chi connectivity index (χ1) is 11.2. The van der Waals surface area contributed by atoms with Crippen LogP contribution < -0.4 is 14.9 Å². The predicted octanol–water partition coefficient (Wildman–Crippen LogP) is 3.25. The number of nitrogens with zero attached hydrogens (tertiary/aromatic N) is 1. The van der Waals surface area contributed by atoms with Gasteiger partial charge in [0.15, 0.2) is 11.5 Å². The van der Waals surface area contributed by atoms with Crippen molar-refractivity contribution in [2.75, 3.05) is 13.2 Å². The Morgan fingerprint density at radius 2 is 1.74 bits per heavy atom. The van der Waals surface area contributed by atoms with E-state index >= 15 is 0 Å². The minimum absolute atomic E-state index is 0.252. The summed E-state index contributed by atoms with van der Waals surface area (Å²) in [5.74, 6) is 1.10. The normalized spacial score (nSPS) is 10.5. The van der Waals surface area contributed by atoms with Gasteiger partial charge in [0, 0.05) is 5.56 Å². The Bertz CT molecular complexity index is 669. The third kappa shape index (κ3) is 4.85. The second kappa shape index (κ2) is 8.58. The molecular formula is C18H20N2O3.